The lowest BCUT2D eigenvalue weighted by molar-refractivity contribution is -0.0833. The summed E-state index contributed by atoms with van der Waals surface area (Å²) in [5.41, 5.74) is 0.877. The van der Waals surface area contributed by atoms with E-state index in [2.05, 4.69) is 36.8 Å². The number of pyridine rings is 1. The lowest BCUT2D eigenvalue weighted by Gasteiger charge is -2.63. The Balaban J connectivity index is 1.55. The van der Waals surface area contributed by atoms with Crippen LogP contribution in [-0.2, 0) is 4.74 Å². The standard InChI is InChI=1S/C17H21Br2ClN2O2/c1-15(2,3)24-14(23)22-9-16(10-22)7-17(19,8-16)13(18)11-4-5-12(20)21-6-11/h4-6,13H,7-10H2,1-3H3. The number of nitrogens with zero attached hydrogens (tertiary/aromatic N) is 2. The van der Waals surface area contributed by atoms with Gasteiger partial charge in [0.25, 0.3) is 0 Å². The molecule has 3 rings (SSSR count). The van der Waals surface area contributed by atoms with Gasteiger partial charge in [-0.1, -0.05) is 49.5 Å². The summed E-state index contributed by atoms with van der Waals surface area (Å²) in [5.74, 6) is 0. The minimum absolute atomic E-state index is 0.0114. The number of carbonyl (C=O) groups excluding carboxylic acids is 1. The van der Waals surface area contributed by atoms with Crippen molar-refractivity contribution in [2.45, 2.75) is 48.4 Å². The van der Waals surface area contributed by atoms with Crippen LogP contribution in [0.1, 0.15) is 44.0 Å². The average Bonchev–Trinajstić information content (AvgIpc) is 2.39. The highest BCUT2D eigenvalue weighted by molar-refractivity contribution is 9.12. The molecular formula is C17H21Br2ClN2O2. The third-order valence-electron chi connectivity index (χ3n) is 4.54. The molecule has 2 heterocycles. The van der Waals surface area contributed by atoms with Gasteiger partial charge in [0.2, 0.25) is 0 Å². The minimum Gasteiger partial charge on any atom is -0.444 e. The van der Waals surface area contributed by atoms with Gasteiger partial charge in [-0.25, -0.2) is 9.78 Å². The van der Waals surface area contributed by atoms with Crippen LogP contribution in [0.5, 0.6) is 0 Å². The van der Waals surface area contributed by atoms with Crippen molar-refractivity contribution in [3.8, 4) is 0 Å². The molecule has 1 amide bonds. The van der Waals surface area contributed by atoms with Crippen LogP contribution >= 0.6 is 43.5 Å². The van der Waals surface area contributed by atoms with E-state index in [0.29, 0.717) is 5.15 Å². The number of hydrogen-bond acceptors (Lipinski definition) is 3. The maximum absolute atomic E-state index is 12.1. The molecule has 7 heteroatoms. The Kier molecular flexibility index (Phi) is 4.72. The van der Waals surface area contributed by atoms with E-state index in [4.69, 9.17) is 16.3 Å². The fraction of sp³-hybridized carbons (Fsp3) is 0.647. The van der Waals surface area contributed by atoms with E-state index in [0.717, 1.165) is 31.5 Å². The van der Waals surface area contributed by atoms with Crippen LogP contribution in [0, 0.1) is 5.41 Å². The zero-order valence-electron chi connectivity index (χ0n) is 14.0. The van der Waals surface area contributed by atoms with Crippen molar-refractivity contribution in [1.29, 1.82) is 0 Å². The first kappa shape index (κ1) is 18.5. The van der Waals surface area contributed by atoms with Crippen molar-refractivity contribution >= 4 is 49.6 Å². The molecule has 2 aliphatic rings. The first-order valence-electron chi connectivity index (χ1n) is 7.94. The molecule has 0 radical (unpaired) electrons. The topological polar surface area (TPSA) is 42.4 Å². The molecule has 0 bridgehead atoms. The van der Waals surface area contributed by atoms with Crippen molar-refractivity contribution < 1.29 is 9.53 Å². The van der Waals surface area contributed by atoms with Gasteiger partial charge in [0.1, 0.15) is 10.8 Å². The highest BCUT2D eigenvalue weighted by Crippen LogP contribution is 2.64. The molecule has 1 unspecified atom stereocenters. The predicted octanol–water partition coefficient (Wildman–Crippen LogP) is 5.34. The molecule has 0 aromatic carbocycles. The number of amides is 1. The molecule has 1 aliphatic heterocycles. The lowest BCUT2D eigenvalue weighted by atomic mass is 9.56. The Hall–Kier alpha value is -0.330. The molecule has 1 aliphatic carbocycles. The number of ether oxygens (including phenoxy) is 1. The van der Waals surface area contributed by atoms with E-state index in [1.165, 1.54) is 0 Å². The fourth-order valence-electron chi connectivity index (χ4n) is 3.65. The van der Waals surface area contributed by atoms with Gasteiger partial charge in [-0.05, 0) is 45.2 Å². The lowest BCUT2D eigenvalue weighted by Crippen LogP contribution is -2.68. The predicted molar refractivity (Wildman–Crippen MR) is 102 cm³/mol. The van der Waals surface area contributed by atoms with Gasteiger partial charge in [0, 0.05) is 29.0 Å². The first-order chi connectivity index (χ1) is 11.0. The minimum atomic E-state index is -0.443. The average molecular weight is 481 g/mol. The number of carbonyl (C=O) groups is 1. The summed E-state index contributed by atoms with van der Waals surface area (Å²) in [6.07, 6.45) is 3.62. The first-order valence-corrected chi connectivity index (χ1v) is 10.0. The molecular weight excluding hydrogens is 459 g/mol. The molecule has 0 N–H and O–H groups in total. The number of rotatable bonds is 2. The molecule has 132 valence electrons. The SMILES string of the molecule is CC(C)(C)OC(=O)N1CC2(C1)CC(Br)(C(Br)c1ccc(Cl)nc1)C2. The van der Waals surface area contributed by atoms with Gasteiger partial charge in [-0.2, -0.15) is 0 Å². The number of halogens is 3. The van der Waals surface area contributed by atoms with Gasteiger partial charge >= 0.3 is 6.09 Å². The van der Waals surface area contributed by atoms with E-state index in [-0.39, 0.29) is 20.7 Å². The molecule has 1 aromatic rings. The molecule has 4 nitrogen and oxygen atoms in total. The van der Waals surface area contributed by atoms with Crippen LogP contribution in [0.4, 0.5) is 4.79 Å². The molecule has 1 aromatic heterocycles. The maximum atomic E-state index is 12.1. The van der Waals surface area contributed by atoms with E-state index in [9.17, 15) is 4.79 Å². The molecule has 1 atom stereocenters. The van der Waals surface area contributed by atoms with Crippen molar-refractivity contribution in [3.63, 3.8) is 0 Å². The largest absolute Gasteiger partial charge is 0.444 e. The normalized spacial score (nSPS) is 22.5. The van der Waals surface area contributed by atoms with Crippen molar-refractivity contribution in [2.24, 2.45) is 5.41 Å². The van der Waals surface area contributed by atoms with E-state index >= 15 is 0 Å². The fourth-order valence-corrected chi connectivity index (χ4v) is 5.81. The maximum Gasteiger partial charge on any atom is 0.410 e. The Morgan fingerprint density at radius 3 is 2.50 bits per heavy atom. The molecule has 1 spiro atoms. The van der Waals surface area contributed by atoms with Gasteiger partial charge in [0.15, 0.2) is 0 Å². The van der Waals surface area contributed by atoms with Crippen LogP contribution in [-0.4, -0.2) is 39.0 Å². The second kappa shape index (κ2) is 6.13. The van der Waals surface area contributed by atoms with Crippen molar-refractivity contribution in [3.05, 3.63) is 29.0 Å². The Labute approximate surface area is 164 Å². The number of likely N-dealkylation sites (tertiary alicyclic amines) is 1. The second-order valence-corrected chi connectivity index (χ2v) is 10.9. The zero-order valence-corrected chi connectivity index (χ0v) is 17.9. The van der Waals surface area contributed by atoms with Crippen LogP contribution in [0.15, 0.2) is 18.3 Å². The second-order valence-electron chi connectivity index (χ2n) is 8.00. The Bertz CT molecular complexity index is 631. The Morgan fingerprint density at radius 1 is 1.38 bits per heavy atom. The summed E-state index contributed by atoms with van der Waals surface area (Å²) >= 11 is 13.6. The van der Waals surface area contributed by atoms with Crippen LogP contribution in [0.2, 0.25) is 5.15 Å². The third kappa shape index (κ3) is 3.61. The Morgan fingerprint density at radius 2 is 2.00 bits per heavy atom. The van der Waals surface area contributed by atoms with E-state index in [1.807, 2.05) is 39.1 Å². The molecule has 1 saturated carbocycles. The van der Waals surface area contributed by atoms with Crippen LogP contribution in [0.25, 0.3) is 0 Å². The number of alkyl halides is 2. The van der Waals surface area contributed by atoms with E-state index < -0.39 is 5.60 Å². The smallest absolute Gasteiger partial charge is 0.410 e. The summed E-state index contributed by atoms with van der Waals surface area (Å²) in [7, 11) is 0. The number of hydrogen-bond donors (Lipinski definition) is 0. The van der Waals surface area contributed by atoms with Crippen molar-refractivity contribution in [1.82, 2.24) is 9.88 Å². The van der Waals surface area contributed by atoms with Gasteiger partial charge < -0.3 is 9.64 Å². The summed E-state index contributed by atoms with van der Waals surface area (Å²) in [4.78, 5) is 18.2. The van der Waals surface area contributed by atoms with Crippen LogP contribution in [0.3, 0.4) is 0 Å². The highest BCUT2D eigenvalue weighted by atomic mass is 79.9. The van der Waals surface area contributed by atoms with E-state index in [1.54, 1.807) is 4.90 Å². The highest BCUT2D eigenvalue weighted by Gasteiger charge is 2.62. The summed E-state index contributed by atoms with van der Waals surface area (Å²) in [5, 5.41) is 0.499. The van der Waals surface area contributed by atoms with Gasteiger partial charge in [0.05, 0.1) is 4.83 Å². The monoisotopic (exact) mass is 478 g/mol. The van der Waals surface area contributed by atoms with Gasteiger partial charge in [-0.3, -0.25) is 0 Å². The number of aromatic nitrogens is 1. The zero-order chi connectivity index (χ0) is 17.8. The summed E-state index contributed by atoms with van der Waals surface area (Å²) in [6.45, 7) is 7.22. The van der Waals surface area contributed by atoms with Crippen LogP contribution < -0.4 is 0 Å². The van der Waals surface area contributed by atoms with Gasteiger partial charge in [-0.15, -0.1) is 0 Å². The third-order valence-corrected chi connectivity index (χ3v) is 7.80. The summed E-state index contributed by atoms with van der Waals surface area (Å²) in [6, 6.07) is 3.81. The van der Waals surface area contributed by atoms with Crippen molar-refractivity contribution in [2.75, 3.05) is 13.1 Å². The summed E-state index contributed by atoms with van der Waals surface area (Å²) < 4.78 is 5.42. The molecule has 24 heavy (non-hydrogen) atoms. The quantitative estimate of drug-likeness (QED) is 0.424. The molecule has 2 fully saturated rings. The molecule has 1 saturated heterocycles.